The highest BCUT2D eigenvalue weighted by atomic mass is 35.5. The summed E-state index contributed by atoms with van der Waals surface area (Å²) in [7, 11) is 1.27. The van der Waals surface area contributed by atoms with Gasteiger partial charge in [0.2, 0.25) is 5.91 Å². The lowest BCUT2D eigenvalue weighted by atomic mass is 10.2. The molecular formula is C12H14Cl2N2O3. The van der Waals surface area contributed by atoms with Gasteiger partial charge in [-0.2, -0.15) is 0 Å². The van der Waals surface area contributed by atoms with Crippen molar-refractivity contribution >= 4 is 40.9 Å². The predicted octanol–water partition coefficient (Wildman–Crippen LogP) is 2.70. The molecule has 0 radical (unpaired) electrons. The smallest absolute Gasteiger partial charge is 0.406 e. The second-order valence-electron chi connectivity index (χ2n) is 3.68. The molecule has 0 saturated carbocycles. The number of methoxy groups -OCH3 is 1. The first-order chi connectivity index (χ1) is 8.95. The number of alkyl carbamates (subject to hydrolysis) is 1. The summed E-state index contributed by atoms with van der Waals surface area (Å²) in [5.41, 5.74) is 0.547. The molecule has 1 rings (SSSR count). The highest BCUT2D eigenvalue weighted by Gasteiger charge is 2.15. The molecule has 0 spiro atoms. The van der Waals surface area contributed by atoms with Crippen LogP contribution in [0.5, 0.6) is 0 Å². The number of halogens is 2. The number of amides is 2. The van der Waals surface area contributed by atoms with Crippen LogP contribution in [0, 0.1) is 0 Å². The van der Waals surface area contributed by atoms with E-state index < -0.39 is 6.09 Å². The van der Waals surface area contributed by atoms with Crippen molar-refractivity contribution in [2.24, 2.45) is 0 Å². The van der Waals surface area contributed by atoms with Gasteiger partial charge in [0.1, 0.15) is 0 Å². The van der Waals surface area contributed by atoms with Crippen LogP contribution in [-0.4, -0.2) is 32.2 Å². The summed E-state index contributed by atoms with van der Waals surface area (Å²) in [6.07, 6.45) is -0.550. The van der Waals surface area contributed by atoms with Crippen molar-refractivity contribution in [2.75, 3.05) is 25.1 Å². The summed E-state index contributed by atoms with van der Waals surface area (Å²) in [6, 6.07) is 4.86. The van der Waals surface area contributed by atoms with Gasteiger partial charge in [-0.3, -0.25) is 4.79 Å². The van der Waals surface area contributed by atoms with E-state index in [1.807, 2.05) is 0 Å². The van der Waals surface area contributed by atoms with E-state index in [9.17, 15) is 9.59 Å². The van der Waals surface area contributed by atoms with E-state index in [-0.39, 0.29) is 19.0 Å². The third kappa shape index (κ3) is 4.61. The van der Waals surface area contributed by atoms with E-state index in [4.69, 9.17) is 23.2 Å². The number of nitrogens with one attached hydrogen (secondary N) is 1. The van der Waals surface area contributed by atoms with Crippen LogP contribution in [0.1, 0.15) is 6.92 Å². The normalized spacial score (nSPS) is 9.89. The number of hydrogen-bond acceptors (Lipinski definition) is 3. The highest BCUT2D eigenvalue weighted by molar-refractivity contribution is 6.36. The van der Waals surface area contributed by atoms with Crippen molar-refractivity contribution in [2.45, 2.75) is 6.92 Å². The van der Waals surface area contributed by atoms with Crippen molar-refractivity contribution < 1.29 is 14.3 Å². The van der Waals surface area contributed by atoms with E-state index in [0.29, 0.717) is 15.7 Å². The van der Waals surface area contributed by atoms with Crippen LogP contribution >= 0.6 is 23.2 Å². The van der Waals surface area contributed by atoms with E-state index in [0.717, 1.165) is 0 Å². The molecule has 0 aliphatic carbocycles. The number of rotatable bonds is 4. The Kier molecular flexibility index (Phi) is 5.92. The van der Waals surface area contributed by atoms with Gasteiger partial charge in [0.05, 0.1) is 17.8 Å². The van der Waals surface area contributed by atoms with Crippen LogP contribution in [0.3, 0.4) is 0 Å². The van der Waals surface area contributed by atoms with Gasteiger partial charge < -0.3 is 15.0 Å². The minimum absolute atomic E-state index is 0.184. The Morgan fingerprint density at radius 1 is 1.37 bits per heavy atom. The lowest BCUT2D eigenvalue weighted by Gasteiger charge is -2.22. The van der Waals surface area contributed by atoms with E-state index >= 15 is 0 Å². The molecule has 1 aromatic rings. The number of hydrogen-bond donors (Lipinski definition) is 1. The molecule has 0 aliphatic heterocycles. The largest absolute Gasteiger partial charge is 0.453 e. The van der Waals surface area contributed by atoms with Crippen molar-refractivity contribution in [3.63, 3.8) is 0 Å². The standard InChI is InChI=1S/C12H14Cl2N2O3/c1-8(17)16(6-5-15-12(18)19-2)11-4-3-9(13)7-10(11)14/h3-4,7H,5-6H2,1-2H3,(H,15,18). The van der Waals surface area contributed by atoms with Gasteiger partial charge in [-0.25, -0.2) is 4.79 Å². The van der Waals surface area contributed by atoms with Crippen molar-refractivity contribution in [1.82, 2.24) is 5.32 Å². The maximum atomic E-state index is 11.6. The quantitative estimate of drug-likeness (QED) is 0.930. The first-order valence-corrected chi connectivity index (χ1v) is 6.26. The molecule has 0 aromatic heterocycles. The minimum Gasteiger partial charge on any atom is -0.453 e. The SMILES string of the molecule is COC(=O)NCCN(C(C)=O)c1ccc(Cl)cc1Cl. The first kappa shape index (κ1) is 15.6. The van der Waals surface area contributed by atoms with E-state index in [1.165, 1.54) is 18.9 Å². The first-order valence-electron chi connectivity index (χ1n) is 5.50. The number of anilines is 1. The summed E-state index contributed by atoms with van der Waals surface area (Å²) >= 11 is 11.9. The molecule has 0 aliphatic rings. The Morgan fingerprint density at radius 2 is 2.05 bits per heavy atom. The van der Waals surface area contributed by atoms with Crippen LogP contribution in [0.15, 0.2) is 18.2 Å². The van der Waals surface area contributed by atoms with Crippen molar-refractivity contribution in [1.29, 1.82) is 0 Å². The molecule has 5 nitrogen and oxygen atoms in total. The third-order valence-electron chi connectivity index (χ3n) is 2.37. The van der Waals surface area contributed by atoms with Crippen LogP contribution in [-0.2, 0) is 9.53 Å². The van der Waals surface area contributed by atoms with Gasteiger partial charge in [0.15, 0.2) is 0 Å². The molecule has 7 heteroatoms. The van der Waals surface area contributed by atoms with Gasteiger partial charge in [0, 0.05) is 25.0 Å². The average Bonchev–Trinajstić information content (AvgIpc) is 2.35. The number of carbonyl (C=O) groups excluding carboxylic acids is 2. The van der Waals surface area contributed by atoms with Gasteiger partial charge >= 0.3 is 6.09 Å². The summed E-state index contributed by atoms with van der Waals surface area (Å²) < 4.78 is 4.44. The Bertz CT molecular complexity index is 480. The number of nitrogens with zero attached hydrogens (tertiary/aromatic N) is 1. The second kappa shape index (κ2) is 7.21. The molecular weight excluding hydrogens is 291 g/mol. The molecule has 0 unspecified atom stereocenters. The van der Waals surface area contributed by atoms with Crippen LogP contribution in [0.2, 0.25) is 10.0 Å². The topological polar surface area (TPSA) is 58.6 Å². The molecule has 0 heterocycles. The second-order valence-corrected chi connectivity index (χ2v) is 4.53. The Labute approximate surface area is 121 Å². The lowest BCUT2D eigenvalue weighted by Crippen LogP contribution is -2.37. The van der Waals surface area contributed by atoms with E-state index in [2.05, 4.69) is 10.1 Å². The van der Waals surface area contributed by atoms with E-state index in [1.54, 1.807) is 18.2 Å². The van der Waals surface area contributed by atoms with Crippen LogP contribution < -0.4 is 10.2 Å². The van der Waals surface area contributed by atoms with Crippen molar-refractivity contribution in [3.05, 3.63) is 28.2 Å². The molecule has 19 heavy (non-hydrogen) atoms. The monoisotopic (exact) mass is 304 g/mol. The average molecular weight is 305 g/mol. The summed E-state index contributed by atoms with van der Waals surface area (Å²) in [5.74, 6) is -0.184. The maximum Gasteiger partial charge on any atom is 0.406 e. The molecule has 0 bridgehead atoms. The number of benzene rings is 1. The van der Waals surface area contributed by atoms with Crippen molar-refractivity contribution in [3.8, 4) is 0 Å². The number of ether oxygens (including phenoxy) is 1. The third-order valence-corrected chi connectivity index (χ3v) is 2.91. The van der Waals surface area contributed by atoms with Gasteiger partial charge in [-0.1, -0.05) is 23.2 Å². The zero-order chi connectivity index (χ0) is 14.4. The van der Waals surface area contributed by atoms with Gasteiger partial charge in [-0.05, 0) is 18.2 Å². The number of carbonyl (C=O) groups is 2. The molecule has 104 valence electrons. The molecule has 0 atom stereocenters. The maximum absolute atomic E-state index is 11.6. The summed E-state index contributed by atoms with van der Waals surface area (Å²) in [4.78, 5) is 24.0. The summed E-state index contributed by atoms with van der Waals surface area (Å²) in [5, 5.41) is 3.36. The molecule has 1 aromatic carbocycles. The van der Waals surface area contributed by atoms with Crippen LogP contribution in [0.25, 0.3) is 0 Å². The fraction of sp³-hybridized carbons (Fsp3) is 0.333. The highest BCUT2D eigenvalue weighted by Crippen LogP contribution is 2.28. The zero-order valence-corrected chi connectivity index (χ0v) is 12.1. The molecule has 2 amide bonds. The van der Waals surface area contributed by atoms with Crippen LogP contribution in [0.4, 0.5) is 10.5 Å². The molecule has 0 fully saturated rings. The minimum atomic E-state index is -0.550. The fourth-order valence-corrected chi connectivity index (χ4v) is 2.00. The summed E-state index contributed by atoms with van der Waals surface area (Å²) in [6.45, 7) is 1.96. The predicted molar refractivity (Wildman–Crippen MR) is 74.9 cm³/mol. The molecule has 1 N–H and O–H groups in total. The lowest BCUT2D eigenvalue weighted by molar-refractivity contribution is -0.116. The van der Waals surface area contributed by atoms with Gasteiger partial charge in [0.25, 0.3) is 0 Å². The van der Waals surface area contributed by atoms with Gasteiger partial charge in [-0.15, -0.1) is 0 Å². The molecule has 0 saturated heterocycles. The fourth-order valence-electron chi connectivity index (χ4n) is 1.49. The zero-order valence-electron chi connectivity index (χ0n) is 10.6. The Hall–Kier alpha value is -1.46. The Morgan fingerprint density at radius 3 is 2.58 bits per heavy atom. The Balaban J connectivity index is 2.77.